The monoisotopic (exact) mass is 326 g/mol. The van der Waals surface area contributed by atoms with Crippen molar-refractivity contribution in [2.45, 2.75) is 38.3 Å². The van der Waals surface area contributed by atoms with Crippen LogP contribution in [0.15, 0.2) is 53.1 Å². The van der Waals surface area contributed by atoms with Crippen LogP contribution in [0.25, 0.3) is 0 Å². The van der Waals surface area contributed by atoms with E-state index >= 15 is 0 Å². The number of amides is 2. The van der Waals surface area contributed by atoms with Gasteiger partial charge < -0.3 is 14.6 Å². The van der Waals surface area contributed by atoms with E-state index in [-0.39, 0.29) is 17.9 Å². The predicted octanol–water partition coefficient (Wildman–Crippen LogP) is 2.52. The summed E-state index contributed by atoms with van der Waals surface area (Å²) in [5.74, 6) is 0.662. The van der Waals surface area contributed by atoms with Crippen LogP contribution in [-0.4, -0.2) is 29.3 Å². The molecule has 0 spiro atoms. The first-order valence-electron chi connectivity index (χ1n) is 8.37. The summed E-state index contributed by atoms with van der Waals surface area (Å²) in [7, 11) is 0. The van der Waals surface area contributed by atoms with Gasteiger partial charge in [0.25, 0.3) is 0 Å². The van der Waals surface area contributed by atoms with E-state index in [9.17, 15) is 9.59 Å². The highest BCUT2D eigenvalue weighted by Crippen LogP contribution is 2.19. The quantitative estimate of drug-likeness (QED) is 0.887. The van der Waals surface area contributed by atoms with Gasteiger partial charge in [-0.2, -0.15) is 0 Å². The van der Waals surface area contributed by atoms with Gasteiger partial charge in [0, 0.05) is 13.0 Å². The van der Waals surface area contributed by atoms with Gasteiger partial charge in [-0.3, -0.25) is 9.59 Å². The molecule has 1 aliphatic heterocycles. The van der Waals surface area contributed by atoms with Crippen molar-refractivity contribution in [3.05, 3.63) is 60.1 Å². The smallest absolute Gasteiger partial charge is 0.243 e. The number of likely N-dealkylation sites (tertiary alicyclic amines) is 1. The second-order valence-electron chi connectivity index (χ2n) is 6.03. The molecule has 1 saturated heterocycles. The zero-order chi connectivity index (χ0) is 16.8. The molecular formula is C19H22N2O3. The molecule has 0 radical (unpaired) electrons. The maximum atomic E-state index is 12.5. The van der Waals surface area contributed by atoms with Crippen LogP contribution in [-0.2, 0) is 22.6 Å². The van der Waals surface area contributed by atoms with Gasteiger partial charge in [0.1, 0.15) is 11.8 Å². The third-order valence-corrected chi connectivity index (χ3v) is 4.36. The minimum atomic E-state index is -0.358. The molecule has 2 heterocycles. The fraction of sp³-hybridized carbons (Fsp3) is 0.368. The molecule has 0 aliphatic carbocycles. The molecule has 1 aromatic heterocycles. The van der Waals surface area contributed by atoms with E-state index in [0.717, 1.165) is 18.4 Å². The molecule has 1 fully saturated rings. The molecule has 0 saturated carbocycles. The minimum Gasteiger partial charge on any atom is -0.467 e. The Morgan fingerprint density at radius 3 is 2.75 bits per heavy atom. The summed E-state index contributed by atoms with van der Waals surface area (Å²) in [4.78, 5) is 26.6. The SMILES string of the molecule is O=C(NCc1ccco1)C1CCCN1C(=O)CCc1ccccc1. The first-order valence-corrected chi connectivity index (χ1v) is 8.37. The van der Waals surface area contributed by atoms with Crippen molar-refractivity contribution >= 4 is 11.8 Å². The summed E-state index contributed by atoms with van der Waals surface area (Å²) in [6, 6.07) is 13.2. The lowest BCUT2D eigenvalue weighted by molar-refractivity contribution is -0.138. The molecule has 126 valence electrons. The maximum Gasteiger partial charge on any atom is 0.243 e. The molecule has 24 heavy (non-hydrogen) atoms. The van der Waals surface area contributed by atoms with Crippen molar-refractivity contribution in [1.29, 1.82) is 0 Å². The molecule has 1 unspecified atom stereocenters. The van der Waals surface area contributed by atoms with Crippen LogP contribution in [0.3, 0.4) is 0 Å². The molecule has 2 aromatic rings. The zero-order valence-electron chi connectivity index (χ0n) is 13.6. The molecule has 1 aliphatic rings. The van der Waals surface area contributed by atoms with Gasteiger partial charge in [-0.1, -0.05) is 30.3 Å². The second kappa shape index (κ2) is 7.81. The molecule has 1 N–H and O–H groups in total. The summed E-state index contributed by atoms with van der Waals surface area (Å²) in [6.45, 7) is 1.01. The fourth-order valence-corrected chi connectivity index (χ4v) is 3.08. The highest BCUT2D eigenvalue weighted by atomic mass is 16.3. The lowest BCUT2D eigenvalue weighted by atomic mass is 10.1. The average Bonchev–Trinajstić information content (AvgIpc) is 3.30. The van der Waals surface area contributed by atoms with Crippen molar-refractivity contribution in [3.8, 4) is 0 Å². The Morgan fingerprint density at radius 2 is 2.00 bits per heavy atom. The Bertz CT molecular complexity index is 667. The lowest BCUT2D eigenvalue weighted by Gasteiger charge is -2.24. The number of furan rings is 1. The highest BCUT2D eigenvalue weighted by Gasteiger charge is 2.33. The summed E-state index contributed by atoms with van der Waals surface area (Å²) in [6.07, 6.45) is 4.32. The highest BCUT2D eigenvalue weighted by molar-refractivity contribution is 5.88. The molecule has 0 bridgehead atoms. The maximum absolute atomic E-state index is 12.5. The number of hydrogen-bond donors (Lipinski definition) is 1. The van der Waals surface area contributed by atoms with E-state index in [1.807, 2.05) is 36.4 Å². The first-order chi connectivity index (χ1) is 11.7. The Labute approximate surface area is 141 Å². The molecule has 2 amide bonds. The fourth-order valence-electron chi connectivity index (χ4n) is 3.08. The molecule has 1 atom stereocenters. The molecular weight excluding hydrogens is 304 g/mol. The molecule has 5 heteroatoms. The van der Waals surface area contributed by atoms with Crippen LogP contribution in [0, 0.1) is 0 Å². The minimum absolute atomic E-state index is 0.0505. The van der Waals surface area contributed by atoms with Crippen LogP contribution in [0.1, 0.15) is 30.6 Å². The van der Waals surface area contributed by atoms with Crippen molar-refractivity contribution in [2.75, 3.05) is 6.54 Å². The van der Waals surface area contributed by atoms with E-state index in [2.05, 4.69) is 5.32 Å². The van der Waals surface area contributed by atoms with Crippen molar-refractivity contribution in [3.63, 3.8) is 0 Å². The van der Waals surface area contributed by atoms with Crippen LogP contribution < -0.4 is 5.32 Å². The number of carbonyl (C=O) groups is 2. The van der Waals surface area contributed by atoms with Gasteiger partial charge >= 0.3 is 0 Å². The largest absolute Gasteiger partial charge is 0.467 e. The van der Waals surface area contributed by atoms with Crippen LogP contribution in [0.4, 0.5) is 0 Å². The summed E-state index contributed by atoms with van der Waals surface area (Å²) < 4.78 is 5.21. The summed E-state index contributed by atoms with van der Waals surface area (Å²) in [5.41, 5.74) is 1.14. The number of nitrogens with one attached hydrogen (secondary N) is 1. The van der Waals surface area contributed by atoms with E-state index in [1.54, 1.807) is 17.2 Å². The summed E-state index contributed by atoms with van der Waals surface area (Å²) in [5, 5.41) is 2.86. The van der Waals surface area contributed by atoms with E-state index in [0.29, 0.717) is 31.7 Å². The van der Waals surface area contributed by atoms with Gasteiger partial charge in [0.05, 0.1) is 12.8 Å². The lowest BCUT2D eigenvalue weighted by Crippen LogP contribution is -2.45. The number of aryl methyl sites for hydroxylation is 1. The molecule has 1 aromatic carbocycles. The summed E-state index contributed by atoms with van der Waals surface area (Å²) >= 11 is 0. The first kappa shape index (κ1) is 16.3. The van der Waals surface area contributed by atoms with E-state index in [1.165, 1.54) is 0 Å². The van der Waals surface area contributed by atoms with Crippen molar-refractivity contribution in [1.82, 2.24) is 10.2 Å². The Hall–Kier alpha value is -2.56. The van der Waals surface area contributed by atoms with Crippen molar-refractivity contribution < 1.29 is 14.0 Å². The van der Waals surface area contributed by atoms with Gasteiger partial charge in [-0.05, 0) is 37.0 Å². The number of rotatable bonds is 6. The number of hydrogen-bond acceptors (Lipinski definition) is 3. The van der Waals surface area contributed by atoms with Crippen LogP contribution in [0.2, 0.25) is 0 Å². The topological polar surface area (TPSA) is 62.6 Å². The normalized spacial score (nSPS) is 17.0. The Kier molecular flexibility index (Phi) is 5.31. The molecule has 3 rings (SSSR count). The van der Waals surface area contributed by atoms with Crippen molar-refractivity contribution in [2.24, 2.45) is 0 Å². The number of carbonyl (C=O) groups excluding carboxylic acids is 2. The third-order valence-electron chi connectivity index (χ3n) is 4.36. The van der Waals surface area contributed by atoms with Crippen LogP contribution in [0.5, 0.6) is 0 Å². The standard InChI is InChI=1S/C19H22N2O3/c22-18(11-10-15-6-2-1-3-7-15)21-12-4-9-17(21)19(23)20-14-16-8-5-13-24-16/h1-3,5-8,13,17H,4,9-12,14H2,(H,20,23). The van der Waals surface area contributed by atoms with Gasteiger partial charge in [0.15, 0.2) is 0 Å². The van der Waals surface area contributed by atoms with E-state index < -0.39 is 0 Å². The number of nitrogens with zero attached hydrogens (tertiary/aromatic N) is 1. The Morgan fingerprint density at radius 1 is 1.17 bits per heavy atom. The molecule has 5 nitrogen and oxygen atoms in total. The predicted molar refractivity (Wildman–Crippen MR) is 90.1 cm³/mol. The third kappa shape index (κ3) is 4.04. The number of benzene rings is 1. The van der Waals surface area contributed by atoms with Gasteiger partial charge in [-0.15, -0.1) is 0 Å². The average molecular weight is 326 g/mol. The van der Waals surface area contributed by atoms with Gasteiger partial charge in [-0.25, -0.2) is 0 Å². The zero-order valence-corrected chi connectivity index (χ0v) is 13.6. The van der Waals surface area contributed by atoms with E-state index in [4.69, 9.17) is 4.42 Å². The van der Waals surface area contributed by atoms with Crippen LogP contribution >= 0.6 is 0 Å². The van der Waals surface area contributed by atoms with Gasteiger partial charge in [0.2, 0.25) is 11.8 Å². The second-order valence-corrected chi connectivity index (χ2v) is 6.03. The Balaban J connectivity index is 1.52.